The molecule has 10 nitrogen and oxygen atoms in total. The second-order valence-corrected chi connectivity index (χ2v) is 9.72. The lowest BCUT2D eigenvalue weighted by molar-refractivity contribution is -0.150. The van der Waals surface area contributed by atoms with Crippen molar-refractivity contribution >= 4 is 50.7 Å². The van der Waals surface area contributed by atoms with E-state index in [1.165, 1.54) is 7.11 Å². The molecule has 2 aliphatic rings. The number of carbonyl (C=O) groups excluding carboxylic acids is 3. The van der Waals surface area contributed by atoms with E-state index in [0.29, 0.717) is 26.2 Å². The van der Waals surface area contributed by atoms with Crippen LogP contribution in [0.1, 0.15) is 17.2 Å². The Morgan fingerprint density at radius 1 is 1.14 bits per heavy atom. The summed E-state index contributed by atoms with van der Waals surface area (Å²) in [6, 6.07) is 11.6. The van der Waals surface area contributed by atoms with E-state index in [1.807, 2.05) is 24.3 Å². The molecular formula is C25H22BrN3O7. The van der Waals surface area contributed by atoms with Crippen LogP contribution in [-0.2, 0) is 25.5 Å². The number of amides is 3. The van der Waals surface area contributed by atoms with Crippen LogP contribution in [0, 0.1) is 11.8 Å². The summed E-state index contributed by atoms with van der Waals surface area (Å²) in [7, 11) is 2.51. The van der Waals surface area contributed by atoms with Crippen molar-refractivity contribution in [3.05, 3.63) is 64.3 Å². The minimum absolute atomic E-state index is 0.117. The third-order valence-corrected chi connectivity index (χ3v) is 7.56. The van der Waals surface area contributed by atoms with Crippen molar-refractivity contribution in [2.45, 2.75) is 18.0 Å². The van der Waals surface area contributed by atoms with Gasteiger partial charge in [-0.3, -0.25) is 19.7 Å². The number of aliphatic carboxylic acids is 1. The molecule has 11 heteroatoms. The summed E-state index contributed by atoms with van der Waals surface area (Å²) in [6.45, 7) is 0. The molecule has 5 rings (SSSR count). The van der Waals surface area contributed by atoms with Gasteiger partial charge in [0.1, 0.15) is 11.3 Å². The molecule has 3 N–H and O–H groups in total. The van der Waals surface area contributed by atoms with Crippen LogP contribution >= 0.6 is 15.9 Å². The summed E-state index contributed by atoms with van der Waals surface area (Å²) in [6.07, 6.45) is 0.429. The molecule has 2 saturated heterocycles. The second kappa shape index (κ2) is 8.75. The van der Waals surface area contributed by atoms with E-state index < -0.39 is 47.3 Å². The minimum atomic E-state index is -1.90. The van der Waals surface area contributed by atoms with Gasteiger partial charge in [0.2, 0.25) is 11.8 Å². The highest BCUT2D eigenvalue weighted by atomic mass is 79.9. The van der Waals surface area contributed by atoms with E-state index in [-0.39, 0.29) is 6.42 Å². The lowest BCUT2D eigenvalue weighted by Gasteiger charge is -2.31. The molecule has 0 radical (unpaired) electrons. The molecule has 0 aliphatic carbocycles. The van der Waals surface area contributed by atoms with Gasteiger partial charge in [-0.2, -0.15) is 4.90 Å². The minimum Gasteiger partial charge on any atom is -0.496 e. The van der Waals surface area contributed by atoms with Crippen LogP contribution < -0.4 is 10.1 Å². The number of imide groups is 3. The molecule has 4 atom stereocenters. The molecule has 3 heterocycles. The summed E-state index contributed by atoms with van der Waals surface area (Å²) in [5.74, 6) is -5.20. The van der Waals surface area contributed by atoms with Gasteiger partial charge in [0, 0.05) is 39.6 Å². The number of aromatic nitrogens is 1. The number of halogens is 1. The molecule has 2 fully saturated rings. The maximum Gasteiger partial charge on any atom is 0.423 e. The summed E-state index contributed by atoms with van der Waals surface area (Å²) < 4.78 is 10.8. The molecular weight excluding hydrogens is 534 g/mol. The zero-order chi connectivity index (χ0) is 25.8. The third-order valence-electron chi connectivity index (χ3n) is 7.06. The Bertz CT molecular complexity index is 1420. The number of H-pyrrole nitrogens is 1. The van der Waals surface area contributed by atoms with Crippen molar-refractivity contribution in [2.75, 3.05) is 14.2 Å². The van der Waals surface area contributed by atoms with Crippen LogP contribution in [0.3, 0.4) is 0 Å². The van der Waals surface area contributed by atoms with Crippen molar-refractivity contribution in [1.29, 1.82) is 0 Å². The number of fused-ring (bicyclic) bond motifs is 2. The van der Waals surface area contributed by atoms with Crippen LogP contribution in [0.4, 0.5) is 4.79 Å². The highest BCUT2D eigenvalue weighted by Gasteiger charge is 2.70. The van der Waals surface area contributed by atoms with E-state index in [9.17, 15) is 24.3 Å². The molecule has 36 heavy (non-hydrogen) atoms. The Morgan fingerprint density at radius 2 is 1.89 bits per heavy atom. The number of carboxylic acid groups (broad SMARTS) is 1. The highest BCUT2D eigenvalue weighted by Crippen LogP contribution is 2.52. The Kier molecular flexibility index (Phi) is 5.84. The average Bonchev–Trinajstić information content (AvgIpc) is 3.51. The molecule has 0 spiro atoms. The Balaban J connectivity index is 1.70. The van der Waals surface area contributed by atoms with E-state index in [0.717, 1.165) is 18.0 Å². The summed E-state index contributed by atoms with van der Waals surface area (Å²) >= 11 is 3.41. The first kappa shape index (κ1) is 24.0. The number of hydrogen-bond donors (Lipinski definition) is 3. The number of likely N-dealkylation sites (tertiary alicyclic amines) is 1. The number of benzene rings is 2. The van der Waals surface area contributed by atoms with Gasteiger partial charge in [-0.15, -0.1) is 0 Å². The van der Waals surface area contributed by atoms with Crippen molar-refractivity contribution in [2.24, 2.45) is 11.8 Å². The summed E-state index contributed by atoms with van der Waals surface area (Å²) in [5.41, 5.74) is 0.0378. The normalized spacial score (nSPS) is 25.3. The molecule has 0 bridgehead atoms. The number of carbonyl (C=O) groups is 4. The SMILES string of the molecule is COC(=O)N1C(=O)C2C(c3cc(Br)ccc3OC)NC(Cc3c[nH]c4ccccc34)(C(=O)O)C2C1=O. The molecule has 1 aromatic heterocycles. The third kappa shape index (κ3) is 3.41. The number of hydrogen-bond acceptors (Lipinski definition) is 7. The monoisotopic (exact) mass is 555 g/mol. The zero-order valence-electron chi connectivity index (χ0n) is 19.3. The lowest BCUT2D eigenvalue weighted by atomic mass is 9.76. The maximum atomic E-state index is 13.6. The topological polar surface area (TPSA) is 138 Å². The number of para-hydroxylation sites is 1. The van der Waals surface area contributed by atoms with Crippen molar-refractivity contribution < 1.29 is 33.8 Å². The fourth-order valence-corrected chi connectivity index (χ4v) is 5.88. The summed E-state index contributed by atoms with van der Waals surface area (Å²) in [5, 5.41) is 14.5. The van der Waals surface area contributed by atoms with Gasteiger partial charge in [-0.1, -0.05) is 34.1 Å². The lowest BCUT2D eigenvalue weighted by Crippen LogP contribution is -2.57. The smallest absolute Gasteiger partial charge is 0.423 e. The standard InChI is InChI=1S/C25H22BrN3O7/c1-35-17-8-7-13(26)9-15(17)20-18-19(22(31)29(21(18)30)24(34)36-2)25(28-20,23(32)33)10-12-11-27-16-6-4-3-5-14(12)16/h3-9,11,18-20,27-28H,10H2,1-2H3,(H,32,33). The second-order valence-electron chi connectivity index (χ2n) is 8.81. The number of nitrogens with one attached hydrogen (secondary N) is 2. The Labute approximate surface area is 213 Å². The molecule has 2 aromatic carbocycles. The largest absolute Gasteiger partial charge is 0.496 e. The van der Waals surface area contributed by atoms with E-state index in [2.05, 4.69) is 31.0 Å². The Morgan fingerprint density at radius 3 is 2.58 bits per heavy atom. The maximum absolute atomic E-state index is 13.6. The van der Waals surface area contributed by atoms with E-state index in [1.54, 1.807) is 24.4 Å². The molecule has 0 saturated carbocycles. The molecule has 2 aliphatic heterocycles. The van der Waals surface area contributed by atoms with Gasteiger partial charge < -0.3 is 19.6 Å². The quantitative estimate of drug-likeness (QED) is 0.408. The van der Waals surface area contributed by atoms with Gasteiger partial charge in [-0.25, -0.2) is 4.79 Å². The number of nitrogens with zero attached hydrogens (tertiary/aromatic N) is 1. The first-order valence-corrected chi connectivity index (χ1v) is 11.9. The number of ether oxygens (including phenoxy) is 2. The number of methoxy groups -OCH3 is 2. The Hall–Kier alpha value is -3.70. The van der Waals surface area contributed by atoms with Gasteiger partial charge in [0.25, 0.3) is 0 Å². The fraction of sp³-hybridized carbons (Fsp3) is 0.280. The summed E-state index contributed by atoms with van der Waals surface area (Å²) in [4.78, 5) is 56.0. The van der Waals surface area contributed by atoms with Gasteiger partial charge in [0.05, 0.1) is 26.1 Å². The predicted octanol–water partition coefficient (Wildman–Crippen LogP) is 3.02. The average molecular weight is 556 g/mol. The van der Waals surface area contributed by atoms with Crippen LogP contribution in [0.5, 0.6) is 5.75 Å². The van der Waals surface area contributed by atoms with Crippen molar-refractivity contribution in [1.82, 2.24) is 15.2 Å². The van der Waals surface area contributed by atoms with E-state index in [4.69, 9.17) is 4.74 Å². The van der Waals surface area contributed by atoms with Crippen molar-refractivity contribution in [3.63, 3.8) is 0 Å². The molecule has 3 aromatic rings. The van der Waals surface area contributed by atoms with Crippen LogP contribution in [0.25, 0.3) is 10.9 Å². The van der Waals surface area contributed by atoms with Crippen molar-refractivity contribution in [3.8, 4) is 5.75 Å². The molecule has 186 valence electrons. The van der Waals surface area contributed by atoms with Gasteiger partial charge >= 0.3 is 12.1 Å². The van der Waals surface area contributed by atoms with Crippen LogP contribution in [0.2, 0.25) is 0 Å². The highest BCUT2D eigenvalue weighted by molar-refractivity contribution is 9.10. The zero-order valence-corrected chi connectivity index (χ0v) is 20.9. The number of rotatable bonds is 5. The molecule has 4 unspecified atom stereocenters. The van der Waals surface area contributed by atoms with Gasteiger partial charge in [0.15, 0.2) is 0 Å². The van der Waals surface area contributed by atoms with E-state index >= 15 is 0 Å². The van der Waals surface area contributed by atoms with Crippen LogP contribution in [-0.4, -0.2) is 58.6 Å². The first-order valence-electron chi connectivity index (χ1n) is 11.1. The predicted molar refractivity (Wildman–Crippen MR) is 130 cm³/mol. The number of aromatic amines is 1. The van der Waals surface area contributed by atoms with Gasteiger partial charge in [-0.05, 0) is 29.8 Å². The first-order chi connectivity index (χ1) is 17.2. The fourth-order valence-electron chi connectivity index (χ4n) is 5.50. The van der Waals surface area contributed by atoms with Crippen LogP contribution in [0.15, 0.2) is 53.1 Å². The molecule has 3 amide bonds. The number of carboxylic acids is 1.